The van der Waals surface area contributed by atoms with Crippen LogP contribution in [0.4, 0.5) is 5.69 Å². The molecule has 4 heteroatoms. The quantitative estimate of drug-likeness (QED) is 0.831. The number of nitrogens with two attached hydrogens (primary N) is 1. The molecule has 0 saturated carbocycles. The van der Waals surface area contributed by atoms with E-state index < -0.39 is 12.0 Å². The fourth-order valence-electron chi connectivity index (χ4n) is 2.34. The first-order valence-corrected chi connectivity index (χ1v) is 5.72. The number of carboxylic acid groups (broad SMARTS) is 1. The topological polar surface area (TPSA) is 75.7 Å². The number of hydrogen-bond donors (Lipinski definition) is 2. The zero-order chi connectivity index (χ0) is 12.5. The second-order valence-electron chi connectivity index (χ2n) is 4.43. The number of para-hydroxylation sites is 1. The lowest BCUT2D eigenvalue weighted by molar-refractivity contribution is -0.138. The molecule has 2 atom stereocenters. The smallest absolute Gasteiger partial charge is 0.320 e. The third-order valence-electron chi connectivity index (χ3n) is 3.42. The van der Waals surface area contributed by atoms with Gasteiger partial charge in [0.1, 0.15) is 6.04 Å². The molecular formula is C13H16N2O2. The van der Waals surface area contributed by atoms with Gasteiger partial charge in [-0.15, -0.1) is 0 Å². The van der Waals surface area contributed by atoms with Gasteiger partial charge < -0.3 is 10.8 Å². The van der Waals surface area contributed by atoms with Crippen molar-refractivity contribution < 1.29 is 9.90 Å². The number of hydrogen-bond acceptors (Lipinski definition) is 3. The van der Waals surface area contributed by atoms with Gasteiger partial charge >= 0.3 is 5.97 Å². The summed E-state index contributed by atoms with van der Waals surface area (Å²) in [4.78, 5) is 15.3. The highest BCUT2D eigenvalue weighted by Crippen LogP contribution is 2.41. The number of aliphatic carboxylic acids is 1. The Balaban J connectivity index is 2.35. The van der Waals surface area contributed by atoms with Crippen LogP contribution < -0.4 is 5.73 Å². The highest BCUT2D eigenvalue weighted by Gasteiger charge is 2.37. The standard InChI is InChI=1S/C13H16N2O2/c1-2-13(7-10(14)12(16)17)8-15-11-6-4-3-5-9(11)13/h3-6,8,10H,2,7,14H2,1H3,(H,16,17)/t10-,13?/m0/s1. The SMILES string of the molecule is CCC1(C[C@H](N)C(=O)O)C=Nc2ccccc21. The minimum Gasteiger partial charge on any atom is -0.480 e. The molecule has 0 aliphatic carbocycles. The van der Waals surface area contributed by atoms with Crippen LogP contribution in [0.2, 0.25) is 0 Å². The van der Waals surface area contributed by atoms with Crippen molar-refractivity contribution in [2.24, 2.45) is 10.7 Å². The first kappa shape index (κ1) is 11.8. The van der Waals surface area contributed by atoms with Gasteiger partial charge in [0, 0.05) is 11.6 Å². The molecule has 90 valence electrons. The van der Waals surface area contributed by atoms with Crippen LogP contribution in [0.15, 0.2) is 29.3 Å². The molecule has 0 bridgehead atoms. The summed E-state index contributed by atoms with van der Waals surface area (Å²) in [5, 5.41) is 8.93. The van der Waals surface area contributed by atoms with Gasteiger partial charge in [-0.3, -0.25) is 9.79 Å². The number of benzene rings is 1. The van der Waals surface area contributed by atoms with E-state index in [2.05, 4.69) is 4.99 Å². The molecule has 1 aromatic rings. The first-order chi connectivity index (χ1) is 8.09. The summed E-state index contributed by atoms with van der Waals surface area (Å²) in [7, 11) is 0. The Labute approximate surface area is 100 Å². The Morgan fingerprint density at radius 3 is 2.88 bits per heavy atom. The van der Waals surface area contributed by atoms with Crippen LogP contribution in [0.3, 0.4) is 0 Å². The van der Waals surface area contributed by atoms with E-state index in [1.807, 2.05) is 37.4 Å². The second-order valence-corrected chi connectivity index (χ2v) is 4.43. The molecule has 1 aromatic carbocycles. The highest BCUT2D eigenvalue weighted by atomic mass is 16.4. The van der Waals surface area contributed by atoms with Crippen LogP contribution in [0.1, 0.15) is 25.3 Å². The third kappa shape index (κ3) is 1.96. The molecule has 0 fully saturated rings. The van der Waals surface area contributed by atoms with Gasteiger partial charge in [0.25, 0.3) is 0 Å². The van der Waals surface area contributed by atoms with E-state index in [0.717, 1.165) is 17.7 Å². The van der Waals surface area contributed by atoms with Gasteiger partial charge in [0.15, 0.2) is 0 Å². The number of carbonyl (C=O) groups is 1. The van der Waals surface area contributed by atoms with Crippen molar-refractivity contribution in [3.63, 3.8) is 0 Å². The molecule has 0 aromatic heterocycles. The minimum absolute atomic E-state index is 0.325. The molecule has 1 aliphatic heterocycles. The molecule has 0 radical (unpaired) electrons. The molecule has 1 unspecified atom stereocenters. The normalized spacial score (nSPS) is 23.4. The van der Waals surface area contributed by atoms with E-state index in [1.165, 1.54) is 0 Å². The predicted molar refractivity (Wildman–Crippen MR) is 66.8 cm³/mol. The van der Waals surface area contributed by atoms with Crippen molar-refractivity contribution in [3.8, 4) is 0 Å². The van der Waals surface area contributed by atoms with Crippen molar-refractivity contribution in [1.82, 2.24) is 0 Å². The lowest BCUT2D eigenvalue weighted by atomic mass is 9.75. The Morgan fingerprint density at radius 2 is 2.24 bits per heavy atom. The summed E-state index contributed by atoms with van der Waals surface area (Å²) in [5.41, 5.74) is 7.33. The summed E-state index contributed by atoms with van der Waals surface area (Å²) < 4.78 is 0. The summed E-state index contributed by atoms with van der Waals surface area (Å²) in [5.74, 6) is -0.962. The predicted octanol–water partition coefficient (Wildman–Crippen LogP) is 1.85. The van der Waals surface area contributed by atoms with Crippen molar-refractivity contribution in [2.75, 3.05) is 0 Å². The van der Waals surface area contributed by atoms with Gasteiger partial charge in [-0.1, -0.05) is 25.1 Å². The van der Waals surface area contributed by atoms with E-state index in [9.17, 15) is 4.79 Å². The molecule has 3 N–H and O–H groups in total. The maximum absolute atomic E-state index is 10.9. The van der Waals surface area contributed by atoms with Crippen molar-refractivity contribution in [2.45, 2.75) is 31.2 Å². The summed E-state index contributed by atoms with van der Waals surface area (Å²) in [6.07, 6.45) is 3.04. The van der Waals surface area contributed by atoms with E-state index in [-0.39, 0.29) is 5.41 Å². The van der Waals surface area contributed by atoms with Crippen LogP contribution in [0.25, 0.3) is 0 Å². The Bertz CT molecular complexity index is 470. The van der Waals surface area contributed by atoms with Gasteiger partial charge in [0.05, 0.1) is 5.69 Å². The van der Waals surface area contributed by atoms with Crippen molar-refractivity contribution in [1.29, 1.82) is 0 Å². The Hall–Kier alpha value is -1.68. The lowest BCUT2D eigenvalue weighted by Gasteiger charge is -2.27. The fraction of sp³-hybridized carbons (Fsp3) is 0.385. The molecular weight excluding hydrogens is 216 g/mol. The fourth-order valence-corrected chi connectivity index (χ4v) is 2.34. The Kier molecular flexibility index (Phi) is 2.98. The van der Waals surface area contributed by atoms with Gasteiger partial charge in [-0.2, -0.15) is 0 Å². The summed E-state index contributed by atoms with van der Waals surface area (Å²) >= 11 is 0. The van der Waals surface area contributed by atoms with Crippen molar-refractivity contribution in [3.05, 3.63) is 29.8 Å². The van der Waals surface area contributed by atoms with Crippen LogP contribution in [0.5, 0.6) is 0 Å². The van der Waals surface area contributed by atoms with Crippen molar-refractivity contribution >= 4 is 17.9 Å². The lowest BCUT2D eigenvalue weighted by Crippen LogP contribution is -2.39. The molecule has 0 spiro atoms. The second kappa shape index (κ2) is 4.30. The van der Waals surface area contributed by atoms with Gasteiger partial charge in [-0.25, -0.2) is 0 Å². The zero-order valence-corrected chi connectivity index (χ0v) is 9.76. The molecule has 17 heavy (non-hydrogen) atoms. The van der Waals surface area contributed by atoms with E-state index in [1.54, 1.807) is 0 Å². The van der Waals surface area contributed by atoms with Crippen LogP contribution in [-0.2, 0) is 10.2 Å². The van der Waals surface area contributed by atoms with Crippen LogP contribution in [0, 0.1) is 0 Å². The molecule has 4 nitrogen and oxygen atoms in total. The molecule has 0 amide bonds. The van der Waals surface area contributed by atoms with Crippen LogP contribution in [-0.4, -0.2) is 23.3 Å². The minimum atomic E-state index is -0.962. The number of carboxylic acids is 1. The molecule has 2 rings (SSSR count). The number of fused-ring (bicyclic) bond motifs is 1. The van der Waals surface area contributed by atoms with Crippen LogP contribution >= 0.6 is 0 Å². The first-order valence-electron chi connectivity index (χ1n) is 5.72. The summed E-state index contributed by atoms with van der Waals surface area (Å²) in [6, 6.07) is 6.96. The Morgan fingerprint density at radius 1 is 1.53 bits per heavy atom. The number of nitrogens with zero attached hydrogens (tertiary/aromatic N) is 1. The van der Waals surface area contributed by atoms with Gasteiger partial charge in [-0.05, 0) is 24.5 Å². The van der Waals surface area contributed by atoms with E-state index in [4.69, 9.17) is 10.8 Å². The number of aliphatic imine (C=N–C) groups is 1. The zero-order valence-electron chi connectivity index (χ0n) is 9.76. The number of rotatable bonds is 4. The average Bonchev–Trinajstić information content (AvgIpc) is 2.69. The average molecular weight is 232 g/mol. The molecule has 1 heterocycles. The molecule has 1 aliphatic rings. The highest BCUT2D eigenvalue weighted by molar-refractivity contribution is 5.86. The summed E-state index contributed by atoms with van der Waals surface area (Å²) in [6.45, 7) is 2.03. The third-order valence-corrected chi connectivity index (χ3v) is 3.42. The van der Waals surface area contributed by atoms with Gasteiger partial charge in [0.2, 0.25) is 0 Å². The maximum atomic E-state index is 10.9. The van der Waals surface area contributed by atoms with E-state index in [0.29, 0.717) is 6.42 Å². The largest absolute Gasteiger partial charge is 0.480 e. The molecule has 0 saturated heterocycles. The van der Waals surface area contributed by atoms with E-state index >= 15 is 0 Å². The maximum Gasteiger partial charge on any atom is 0.320 e. The monoisotopic (exact) mass is 232 g/mol.